The van der Waals surface area contributed by atoms with E-state index in [9.17, 15) is 4.79 Å². The summed E-state index contributed by atoms with van der Waals surface area (Å²) in [6.07, 6.45) is 4.43. The molecule has 1 saturated carbocycles. The van der Waals surface area contributed by atoms with Crippen LogP contribution < -0.4 is 5.32 Å². The van der Waals surface area contributed by atoms with E-state index in [-0.39, 0.29) is 0 Å². The molecule has 0 spiro atoms. The van der Waals surface area contributed by atoms with Gasteiger partial charge in [-0.15, -0.1) is 11.3 Å². The Balaban J connectivity index is 1.54. The number of nitrogens with zero attached hydrogens (tertiary/aromatic N) is 2. The minimum atomic E-state index is 0.354. The lowest BCUT2D eigenvalue weighted by Crippen LogP contribution is -2.51. The first kappa shape index (κ1) is 15.0. The standard InChI is InChI=1S/C16H25N3OS/c1-3-12-9-19(16(20)13-4-5-13)7-6-14(12)17-8-15-11(2)18-10-21-15/h10,12-14,17H,3-9H2,1-2H3. The van der Waals surface area contributed by atoms with Crippen LogP contribution in [0.5, 0.6) is 0 Å². The second-order valence-corrected chi connectivity index (χ2v) is 7.30. The monoisotopic (exact) mass is 307 g/mol. The van der Waals surface area contributed by atoms with Crippen molar-refractivity contribution in [2.24, 2.45) is 11.8 Å². The van der Waals surface area contributed by atoms with Gasteiger partial charge in [-0.3, -0.25) is 4.79 Å². The molecule has 2 fully saturated rings. The first-order valence-corrected chi connectivity index (χ1v) is 8.98. The van der Waals surface area contributed by atoms with E-state index >= 15 is 0 Å². The lowest BCUT2D eigenvalue weighted by atomic mass is 9.89. The third-order valence-corrected chi connectivity index (χ3v) is 5.80. The van der Waals surface area contributed by atoms with Crippen molar-refractivity contribution in [3.05, 3.63) is 16.1 Å². The van der Waals surface area contributed by atoms with Crippen LogP contribution in [0.2, 0.25) is 0 Å². The summed E-state index contributed by atoms with van der Waals surface area (Å²) in [4.78, 5) is 20.0. The molecule has 2 atom stereocenters. The number of carbonyl (C=O) groups excluding carboxylic acids is 1. The van der Waals surface area contributed by atoms with Gasteiger partial charge >= 0.3 is 0 Å². The smallest absolute Gasteiger partial charge is 0.225 e. The van der Waals surface area contributed by atoms with Gasteiger partial charge in [-0.05, 0) is 32.1 Å². The lowest BCUT2D eigenvalue weighted by Gasteiger charge is -2.39. The van der Waals surface area contributed by atoms with Gasteiger partial charge in [0.25, 0.3) is 0 Å². The number of rotatable bonds is 5. The van der Waals surface area contributed by atoms with Crippen molar-refractivity contribution in [3.8, 4) is 0 Å². The number of thiazole rings is 1. The van der Waals surface area contributed by atoms with Crippen molar-refractivity contribution in [1.29, 1.82) is 0 Å². The van der Waals surface area contributed by atoms with E-state index in [1.807, 2.05) is 5.51 Å². The Morgan fingerprint density at radius 2 is 2.29 bits per heavy atom. The number of aryl methyl sites for hydroxylation is 1. The molecule has 2 unspecified atom stereocenters. The summed E-state index contributed by atoms with van der Waals surface area (Å²) in [6, 6.07) is 0.528. The zero-order chi connectivity index (χ0) is 14.8. The predicted octanol–water partition coefficient (Wildman–Crippen LogP) is 2.58. The summed E-state index contributed by atoms with van der Waals surface area (Å²) in [5.74, 6) is 1.34. The Bertz CT molecular complexity index is 497. The van der Waals surface area contributed by atoms with Crippen molar-refractivity contribution in [2.45, 2.75) is 52.1 Å². The van der Waals surface area contributed by atoms with Crippen LogP contribution in [0.3, 0.4) is 0 Å². The van der Waals surface area contributed by atoms with Crippen molar-refractivity contribution >= 4 is 17.2 Å². The molecular formula is C16H25N3OS. The molecule has 1 N–H and O–H groups in total. The third-order valence-electron chi connectivity index (χ3n) is 4.87. The molecule has 116 valence electrons. The first-order valence-electron chi connectivity index (χ1n) is 8.10. The van der Waals surface area contributed by atoms with Crippen molar-refractivity contribution in [3.63, 3.8) is 0 Å². The zero-order valence-corrected chi connectivity index (χ0v) is 13.8. The number of likely N-dealkylation sites (tertiary alicyclic amines) is 1. The van der Waals surface area contributed by atoms with E-state index in [1.165, 1.54) is 4.88 Å². The molecule has 2 heterocycles. The van der Waals surface area contributed by atoms with Gasteiger partial charge in [0.15, 0.2) is 0 Å². The maximum atomic E-state index is 12.2. The Labute approximate surface area is 130 Å². The Morgan fingerprint density at radius 1 is 1.48 bits per heavy atom. The zero-order valence-electron chi connectivity index (χ0n) is 13.0. The van der Waals surface area contributed by atoms with E-state index in [2.05, 4.69) is 29.0 Å². The fraction of sp³-hybridized carbons (Fsp3) is 0.750. The van der Waals surface area contributed by atoms with Crippen LogP contribution in [-0.4, -0.2) is 34.9 Å². The van der Waals surface area contributed by atoms with Crippen LogP contribution >= 0.6 is 11.3 Å². The summed E-state index contributed by atoms with van der Waals surface area (Å²) in [7, 11) is 0. The van der Waals surface area contributed by atoms with Gasteiger partial charge in [0.1, 0.15) is 0 Å². The van der Waals surface area contributed by atoms with Crippen LogP contribution in [-0.2, 0) is 11.3 Å². The Hall–Kier alpha value is -0.940. The van der Waals surface area contributed by atoms with Crippen LogP contribution in [0, 0.1) is 18.8 Å². The molecule has 0 bridgehead atoms. The van der Waals surface area contributed by atoms with Crippen molar-refractivity contribution in [1.82, 2.24) is 15.2 Å². The Morgan fingerprint density at radius 3 is 2.90 bits per heavy atom. The molecule has 1 aliphatic heterocycles. The molecule has 3 rings (SSSR count). The van der Waals surface area contributed by atoms with Crippen LogP contribution in [0.15, 0.2) is 5.51 Å². The maximum Gasteiger partial charge on any atom is 0.225 e. The van der Waals surface area contributed by atoms with Gasteiger partial charge < -0.3 is 10.2 Å². The predicted molar refractivity (Wildman–Crippen MR) is 85.2 cm³/mol. The number of aromatic nitrogens is 1. The second-order valence-electron chi connectivity index (χ2n) is 6.36. The van der Waals surface area contributed by atoms with Gasteiger partial charge in [0.2, 0.25) is 5.91 Å². The number of nitrogens with one attached hydrogen (secondary N) is 1. The maximum absolute atomic E-state index is 12.2. The lowest BCUT2D eigenvalue weighted by molar-refractivity contribution is -0.134. The van der Waals surface area contributed by atoms with Gasteiger partial charge in [-0.2, -0.15) is 0 Å². The summed E-state index contributed by atoms with van der Waals surface area (Å²) < 4.78 is 0. The van der Waals surface area contributed by atoms with Crippen LogP contribution in [0.25, 0.3) is 0 Å². The number of hydrogen-bond donors (Lipinski definition) is 1. The highest BCUT2D eigenvalue weighted by atomic mass is 32.1. The van der Waals surface area contributed by atoms with Gasteiger partial charge in [0.05, 0.1) is 11.2 Å². The van der Waals surface area contributed by atoms with E-state index in [0.717, 1.165) is 51.0 Å². The van der Waals surface area contributed by atoms with Crippen molar-refractivity contribution < 1.29 is 4.79 Å². The highest BCUT2D eigenvalue weighted by molar-refractivity contribution is 7.09. The molecule has 2 aliphatic rings. The molecule has 1 aromatic heterocycles. The molecule has 4 nitrogen and oxygen atoms in total. The number of carbonyl (C=O) groups is 1. The largest absolute Gasteiger partial charge is 0.342 e. The summed E-state index contributed by atoms with van der Waals surface area (Å²) >= 11 is 1.73. The molecule has 5 heteroatoms. The topological polar surface area (TPSA) is 45.2 Å². The minimum absolute atomic E-state index is 0.354. The van der Waals surface area contributed by atoms with E-state index in [4.69, 9.17) is 0 Å². The first-order chi connectivity index (χ1) is 10.2. The van der Waals surface area contributed by atoms with Gasteiger partial charge in [-0.25, -0.2) is 4.98 Å². The highest BCUT2D eigenvalue weighted by Crippen LogP contribution is 2.33. The normalized spacial score (nSPS) is 26.1. The second kappa shape index (κ2) is 6.44. The highest BCUT2D eigenvalue weighted by Gasteiger charge is 2.37. The Kier molecular flexibility index (Phi) is 4.60. The summed E-state index contributed by atoms with van der Waals surface area (Å²) in [5.41, 5.74) is 3.06. The number of piperidine rings is 1. The average molecular weight is 307 g/mol. The van der Waals surface area contributed by atoms with Crippen LogP contribution in [0.4, 0.5) is 0 Å². The molecule has 1 aromatic rings. The molecule has 0 radical (unpaired) electrons. The molecule has 1 aliphatic carbocycles. The molecule has 21 heavy (non-hydrogen) atoms. The fourth-order valence-corrected chi connectivity index (χ4v) is 3.95. The molecule has 1 saturated heterocycles. The van der Waals surface area contributed by atoms with E-state index < -0.39 is 0 Å². The number of hydrogen-bond acceptors (Lipinski definition) is 4. The summed E-state index contributed by atoms with van der Waals surface area (Å²) in [5, 5.41) is 3.70. The van der Waals surface area contributed by atoms with Crippen molar-refractivity contribution in [2.75, 3.05) is 13.1 Å². The van der Waals surface area contributed by atoms with E-state index in [1.54, 1.807) is 11.3 Å². The summed E-state index contributed by atoms with van der Waals surface area (Å²) in [6.45, 7) is 7.08. The fourth-order valence-electron chi connectivity index (χ4n) is 3.22. The minimum Gasteiger partial charge on any atom is -0.342 e. The van der Waals surface area contributed by atoms with Crippen LogP contribution in [0.1, 0.15) is 43.2 Å². The third kappa shape index (κ3) is 3.46. The number of amides is 1. The SMILES string of the molecule is CCC1CN(C(=O)C2CC2)CCC1NCc1scnc1C. The molecule has 0 aromatic carbocycles. The average Bonchev–Trinajstić information content (AvgIpc) is 3.27. The quantitative estimate of drug-likeness (QED) is 0.909. The molecule has 1 amide bonds. The van der Waals surface area contributed by atoms with Gasteiger partial charge in [0, 0.05) is 36.5 Å². The molecular weight excluding hydrogens is 282 g/mol. The van der Waals surface area contributed by atoms with E-state index in [0.29, 0.717) is 23.8 Å². The van der Waals surface area contributed by atoms with Gasteiger partial charge in [-0.1, -0.05) is 13.3 Å².